The molecular formula is C9H6F3NO3S2. The van der Waals surface area contributed by atoms with Gasteiger partial charge in [-0.1, -0.05) is 12.6 Å². The summed E-state index contributed by atoms with van der Waals surface area (Å²) in [5.41, 5.74) is -1.87. The Balaban J connectivity index is 3.45. The van der Waals surface area contributed by atoms with Gasteiger partial charge in [-0.15, -0.1) is 0 Å². The molecule has 0 saturated heterocycles. The van der Waals surface area contributed by atoms with Crippen molar-refractivity contribution in [2.24, 2.45) is 0 Å². The number of rotatable bonds is 2. The first kappa shape index (κ1) is 14.8. The predicted octanol–water partition coefficient (Wildman–Crippen LogP) is 4.06. The number of thiol groups is 1. The van der Waals surface area contributed by atoms with Gasteiger partial charge in [0.15, 0.2) is 0 Å². The van der Waals surface area contributed by atoms with Crippen LogP contribution < -0.4 is 0 Å². The SMILES string of the molecule is Cc1cc(C(F)(F)F)cc([N+](=O)[O-])c1SC(=O)S. The lowest BCUT2D eigenvalue weighted by Crippen LogP contribution is -2.07. The van der Waals surface area contributed by atoms with E-state index in [1.807, 2.05) is 0 Å². The summed E-state index contributed by atoms with van der Waals surface area (Å²) < 4.78 is 36.7. The molecule has 18 heavy (non-hydrogen) atoms. The van der Waals surface area contributed by atoms with Crippen LogP contribution in [-0.2, 0) is 6.18 Å². The third-order valence-electron chi connectivity index (χ3n) is 1.97. The second kappa shape index (κ2) is 5.19. The minimum atomic E-state index is -4.68. The second-order valence-electron chi connectivity index (χ2n) is 3.26. The molecule has 0 saturated carbocycles. The fourth-order valence-corrected chi connectivity index (χ4v) is 2.18. The zero-order chi connectivity index (χ0) is 14.1. The van der Waals surface area contributed by atoms with Crippen LogP contribution in [-0.4, -0.2) is 9.37 Å². The first-order valence-electron chi connectivity index (χ1n) is 4.40. The van der Waals surface area contributed by atoms with E-state index < -0.39 is 26.8 Å². The number of nitro benzene ring substituents is 1. The number of nitrogens with zero attached hydrogens (tertiary/aromatic N) is 1. The summed E-state index contributed by atoms with van der Waals surface area (Å²) in [4.78, 5) is 20.4. The van der Waals surface area contributed by atoms with Gasteiger partial charge in [0.05, 0.1) is 15.4 Å². The molecule has 1 aromatic carbocycles. The first-order chi connectivity index (χ1) is 8.12. The molecule has 1 rings (SSSR count). The van der Waals surface area contributed by atoms with Gasteiger partial charge in [-0.25, -0.2) is 0 Å². The molecule has 0 N–H and O–H groups in total. The number of thioether (sulfide) groups is 1. The van der Waals surface area contributed by atoms with Gasteiger partial charge >= 0.3 is 6.18 Å². The lowest BCUT2D eigenvalue weighted by molar-refractivity contribution is -0.388. The highest BCUT2D eigenvalue weighted by atomic mass is 32.2. The molecule has 0 fully saturated rings. The minimum absolute atomic E-state index is 0.00363. The van der Waals surface area contributed by atoms with Crippen molar-refractivity contribution in [1.29, 1.82) is 0 Å². The van der Waals surface area contributed by atoms with E-state index in [4.69, 9.17) is 0 Å². The molecule has 0 aliphatic rings. The monoisotopic (exact) mass is 297 g/mol. The molecule has 0 bridgehead atoms. The van der Waals surface area contributed by atoms with Gasteiger partial charge in [-0.2, -0.15) is 13.2 Å². The topological polar surface area (TPSA) is 60.2 Å². The summed E-state index contributed by atoms with van der Waals surface area (Å²) in [7, 11) is 0. The van der Waals surface area contributed by atoms with Gasteiger partial charge < -0.3 is 0 Å². The van der Waals surface area contributed by atoms with Crippen molar-refractivity contribution in [1.82, 2.24) is 0 Å². The molecule has 0 heterocycles. The lowest BCUT2D eigenvalue weighted by atomic mass is 10.1. The Morgan fingerprint density at radius 2 is 2.00 bits per heavy atom. The third kappa shape index (κ3) is 3.39. The Labute approximate surface area is 109 Å². The lowest BCUT2D eigenvalue weighted by Gasteiger charge is -2.10. The van der Waals surface area contributed by atoms with Gasteiger partial charge in [-0.3, -0.25) is 14.9 Å². The number of carbonyl (C=O) groups excluding carboxylic acids is 1. The quantitative estimate of drug-likeness (QED) is 0.387. The number of hydrogen-bond acceptors (Lipinski definition) is 4. The number of carbonyl (C=O) groups is 1. The van der Waals surface area contributed by atoms with E-state index in [0.29, 0.717) is 17.8 Å². The van der Waals surface area contributed by atoms with Crippen LogP contribution in [0.2, 0.25) is 0 Å². The van der Waals surface area contributed by atoms with E-state index in [-0.39, 0.29) is 10.5 Å². The molecule has 0 amide bonds. The zero-order valence-corrected chi connectivity index (χ0v) is 10.5. The average molecular weight is 297 g/mol. The Hall–Kier alpha value is -1.22. The third-order valence-corrected chi connectivity index (χ3v) is 3.15. The van der Waals surface area contributed by atoms with Crippen LogP contribution in [0.4, 0.5) is 23.7 Å². The van der Waals surface area contributed by atoms with Crippen molar-refractivity contribution in [2.45, 2.75) is 18.0 Å². The molecule has 0 unspecified atom stereocenters. The van der Waals surface area contributed by atoms with E-state index in [0.717, 1.165) is 6.07 Å². The molecule has 0 aliphatic heterocycles. The molecule has 9 heteroatoms. The van der Waals surface area contributed by atoms with Crippen LogP contribution in [0.3, 0.4) is 0 Å². The van der Waals surface area contributed by atoms with Crippen molar-refractivity contribution in [3.05, 3.63) is 33.4 Å². The Morgan fingerprint density at radius 3 is 2.39 bits per heavy atom. The number of alkyl halides is 3. The molecule has 0 aliphatic carbocycles. The summed E-state index contributed by atoms with van der Waals surface area (Å²) in [6.07, 6.45) is -4.68. The van der Waals surface area contributed by atoms with Crippen LogP contribution in [0, 0.1) is 17.0 Å². The van der Waals surface area contributed by atoms with Gasteiger partial charge in [-0.05, 0) is 30.3 Å². The molecular weight excluding hydrogens is 291 g/mol. The molecule has 0 radical (unpaired) electrons. The Bertz CT molecular complexity index is 517. The highest BCUT2D eigenvalue weighted by molar-refractivity contribution is 8.32. The molecule has 1 aromatic rings. The molecule has 0 aromatic heterocycles. The van der Waals surface area contributed by atoms with Gasteiger partial charge in [0.1, 0.15) is 0 Å². The van der Waals surface area contributed by atoms with Crippen LogP contribution in [0.25, 0.3) is 0 Å². The summed E-state index contributed by atoms with van der Waals surface area (Å²) in [5.74, 6) is 0. The van der Waals surface area contributed by atoms with Crippen molar-refractivity contribution in [3.63, 3.8) is 0 Å². The van der Waals surface area contributed by atoms with E-state index in [2.05, 4.69) is 12.6 Å². The fraction of sp³-hybridized carbons (Fsp3) is 0.222. The van der Waals surface area contributed by atoms with Crippen LogP contribution in [0.15, 0.2) is 17.0 Å². The Morgan fingerprint density at radius 1 is 1.44 bits per heavy atom. The second-order valence-corrected chi connectivity index (χ2v) is 4.96. The first-order valence-corrected chi connectivity index (χ1v) is 5.66. The van der Waals surface area contributed by atoms with Crippen molar-refractivity contribution in [3.8, 4) is 0 Å². The van der Waals surface area contributed by atoms with Gasteiger partial charge in [0.2, 0.25) is 4.45 Å². The largest absolute Gasteiger partial charge is 0.416 e. The number of halogens is 3. The average Bonchev–Trinajstić information content (AvgIpc) is 2.17. The maximum atomic E-state index is 12.5. The minimum Gasteiger partial charge on any atom is -0.274 e. The van der Waals surface area contributed by atoms with E-state index in [9.17, 15) is 28.1 Å². The molecule has 98 valence electrons. The maximum absolute atomic E-state index is 12.5. The number of benzene rings is 1. The number of nitro groups is 1. The standard InChI is InChI=1S/C9H6F3NO3S2/c1-4-2-5(9(10,11)12)3-6(13(15)16)7(4)18-8(14)17/h2-3H,1H3,(H,14,17). The van der Waals surface area contributed by atoms with Gasteiger partial charge in [0, 0.05) is 6.07 Å². The van der Waals surface area contributed by atoms with E-state index >= 15 is 0 Å². The molecule has 0 spiro atoms. The number of aryl methyl sites for hydroxylation is 1. The highest BCUT2D eigenvalue weighted by Gasteiger charge is 2.34. The predicted molar refractivity (Wildman–Crippen MR) is 63.1 cm³/mol. The van der Waals surface area contributed by atoms with Crippen molar-refractivity contribution in [2.75, 3.05) is 0 Å². The maximum Gasteiger partial charge on any atom is 0.416 e. The summed E-state index contributed by atoms with van der Waals surface area (Å²) in [6, 6.07) is 1.16. The fourth-order valence-electron chi connectivity index (χ4n) is 1.27. The van der Waals surface area contributed by atoms with Crippen LogP contribution in [0.5, 0.6) is 0 Å². The smallest absolute Gasteiger partial charge is 0.274 e. The summed E-state index contributed by atoms with van der Waals surface area (Å²) >= 11 is 3.85. The van der Waals surface area contributed by atoms with Crippen LogP contribution >= 0.6 is 24.4 Å². The number of hydrogen-bond donors (Lipinski definition) is 1. The normalized spacial score (nSPS) is 11.4. The van der Waals surface area contributed by atoms with E-state index in [1.54, 1.807) is 0 Å². The zero-order valence-electron chi connectivity index (χ0n) is 8.82. The van der Waals surface area contributed by atoms with Gasteiger partial charge in [0.25, 0.3) is 5.69 Å². The summed E-state index contributed by atoms with van der Waals surface area (Å²) in [5, 5.41) is 10.7. The molecule has 0 atom stereocenters. The molecule has 4 nitrogen and oxygen atoms in total. The Kier molecular flexibility index (Phi) is 4.28. The van der Waals surface area contributed by atoms with E-state index in [1.165, 1.54) is 6.92 Å². The van der Waals surface area contributed by atoms with Crippen LogP contribution in [0.1, 0.15) is 11.1 Å². The highest BCUT2D eigenvalue weighted by Crippen LogP contribution is 2.39. The van der Waals surface area contributed by atoms with Crippen molar-refractivity contribution >= 4 is 34.5 Å². The summed E-state index contributed by atoms with van der Waals surface area (Å²) in [6.45, 7) is 1.27. The van der Waals surface area contributed by atoms with Crippen molar-refractivity contribution < 1.29 is 22.9 Å².